The number of aromatic nitrogens is 1. The maximum absolute atomic E-state index is 14.1. The number of benzene rings is 3. The summed E-state index contributed by atoms with van der Waals surface area (Å²) < 4.78 is 16.0. The number of carboxylic acid groups (broad SMARTS) is 1. The number of carbonyl (C=O) groups is 2. The number of amides is 1. The largest absolute Gasteiger partial charge is 0.506 e. The van der Waals surface area contributed by atoms with Crippen molar-refractivity contribution in [1.29, 1.82) is 0 Å². The van der Waals surface area contributed by atoms with Crippen LogP contribution in [0.3, 0.4) is 0 Å². The van der Waals surface area contributed by atoms with Crippen LogP contribution in [0.1, 0.15) is 55.1 Å². The van der Waals surface area contributed by atoms with Crippen molar-refractivity contribution in [2.75, 3.05) is 5.32 Å². The standard InChI is InChI=1S/C33H35FN2O6.Na.H2O/c1-20(2)31-30(33(42)35-26-10-6-7-11-27(26)39)29(21-8-4-3-5-9-21)32(22-12-14-23(34)15-13-22)36(31)17-16-24(37)18-25(38)19-28(40)41;;/h3-15,20,24-25,37-39H,16-19H2,1-2H3,(H,35,42)(H,40,41);;1H2/t24-,25-;;/m1../s1. The van der Waals surface area contributed by atoms with Crippen LogP contribution in [0.2, 0.25) is 0 Å². The molecule has 1 amide bonds. The summed E-state index contributed by atoms with van der Waals surface area (Å²) in [5.74, 6) is -2.28. The molecule has 1 aromatic heterocycles. The number of carboxylic acids is 1. The Hall–Kier alpha value is -3.51. The number of nitrogens with zero attached hydrogens (tertiary/aromatic N) is 1. The third-order valence-electron chi connectivity index (χ3n) is 7.05. The minimum Gasteiger partial charge on any atom is -0.506 e. The van der Waals surface area contributed by atoms with Crippen LogP contribution in [0.5, 0.6) is 5.75 Å². The second-order valence-corrected chi connectivity index (χ2v) is 10.6. The summed E-state index contributed by atoms with van der Waals surface area (Å²) in [5.41, 5.74) is 3.94. The smallest absolute Gasteiger partial charge is 0.305 e. The number of nitrogens with one attached hydrogen (secondary N) is 1. The first-order valence-corrected chi connectivity index (χ1v) is 13.8. The first-order valence-electron chi connectivity index (χ1n) is 13.8. The average molecular weight is 616 g/mol. The Kier molecular flexibility index (Phi) is 13.8. The van der Waals surface area contributed by atoms with Gasteiger partial charge in [0.05, 0.1) is 35.6 Å². The number of aromatic hydroxyl groups is 1. The molecule has 4 aromatic rings. The molecule has 1 radical (unpaired) electrons. The molecule has 0 fully saturated rings. The molecule has 0 spiro atoms. The van der Waals surface area contributed by atoms with Crippen LogP contribution in [0, 0.1) is 5.82 Å². The summed E-state index contributed by atoms with van der Waals surface area (Å²) in [5, 5.41) is 43.0. The van der Waals surface area contributed by atoms with Gasteiger partial charge in [-0.25, -0.2) is 4.39 Å². The van der Waals surface area contributed by atoms with E-state index < -0.39 is 36.3 Å². The van der Waals surface area contributed by atoms with Crippen molar-refractivity contribution in [2.45, 2.75) is 57.8 Å². The van der Waals surface area contributed by atoms with Crippen LogP contribution in [-0.2, 0) is 11.3 Å². The number of hydrogen-bond donors (Lipinski definition) is 5. The number of aliphatic carboxylic acids is 1. The van der Waals surface area contributed by atoms with Crippen molar-refractivity contribution in [3.63, 3.8) is 0 Å². The van der Waals surface area contributed by atoms with Gasteiger partial charge in [-0.15, -0.1) is 0 Å². The first-order chi connectivity index (χ1) is 20.1. The Morgan fingerprint density at radius 3 is 2.09 bits per heavy atom. The van der Waals surface area contributed by atoms with E-state index in [0.29, 0.717) is 28.1 Å². The summed E-state index contributed by atoms with van der Waals surface area (Å²) >= 11 is 0. The fourth-order valence-electron chi connectivity index (χ4n) is 5.25. The van der Waals surface area contributed by atoms with Gasteiger partial charge < -0.3 is 35.8 Å². The van der Waals surface area contributed by atoms with E-state index in [0.717, 1.165) is 5.56 Å². The normalized spacial score (nSPS) is 12.1. The molecule has 0 bridgehead atoms. The maximum atomic E-state index is 14.1. The monoisotopic (exact) mass is 615 g/mol. The number of aliphatic hydroxyl groups excluding tert-OH is 2. The Bertz CT molecular complexity index is 1540. The minimum absolute atomic E-state index is 0. The van der Waals surface area contributed by atoms with Gasteiger partial charge in [-0.2, -0.15) is 0 Å². The van der Waals surface area contributed by atoms with Crippen molar-refractivity contribution in [2.24, 2.45) is 0 Å². The van der Waals surface area contributed by atoms with Gasteiger partial charge in [0.15, 0.2) is 0 Å². The van der Waals surface area contributed by atoms with E-state index in [2.05, 4.69) is 5.32 Å². The van der Waals surface area contributed by atoms with Crippen molar-refractivity contribution in [1.82, 2.24) is 4.57 Å². The fourth-order valence-corrected chi connectivity index (χ4v) is 5.25. The van der Waals surface area contributed by atoms with Crippen LogP contribution < -0.4 is 5.32 Å². The molecule has 9 nitrogen and oxygen atoms in total. The summed E-state index contributed by atoms with van der Waals surface area (Å²) in [6.45, 7) is 4.11. The number of aliphatic hydroxyl groups is 2. The molecule has 1 heterocycles. The molecule has 229 valence electrons. The van der Waals surface area contributed by atoms with Gasteiger partial charge in [-0.1, -0.05) is 56.3 Å². The van der Waals surface area contributed by atoms with Gasteiger partial charge in [0.1, 0.15) is 11.6 Å². The maximum Gasteiger partial charge on any atom is 0.305 e. The number of para-hydroxylation sites is 2. The van der Waals surface area contributed by atoms with Gasteiger partial charge >= 0.3 is 5.97 Å². The van der Waals surface area contributed by atoms with E-state index in [-0.39, 0.29) is 71.8 Å². The summed E-state index contributed by atoms with van der Waals surface area (Å²) in [6, 6.07) is 21.7. The van der Waals surface area contributed by atoms with E-state index in [1.807, 2.05) is 48.7 Å². The van der Waals surface area contributed by atoms with Crippen LogP contribution in [0.25, 0.3) is 22.4 Å². The second-order valence-electron chi connectivity index (χ2n) is 10.6. The number of halogens is 1. The van der Waals surface area contributed by atoms with Crippen LogP contribution in [-0.4, -0.2) is 84.1 Å². The summed E-state index contributed by atoms with van der Waals surface area (Å²) in [6.07, 6.45) is -2.66. The first kappa shape index (κ1) is 36.7. The molecular formula is C33H37FN2NaO7. The molecule has 0 aliphatic carbocycles. The van der Waals surface area contributed by atoms with Gasteiger partial charge in [-0.05, 0) is 66.3 Å². The van der Waals surface area contributed by atoms with E-state index in [1.165, 1.54) is 18.2 Å². The third kappa shape index (κ3) is 8.78. The molecule has 0 saturated heterocycles. The predicted molar refractivity (Wildman–Crippen MR) is 168 cm³/mol. The Labute approximate surface area is 277 Å². The Balaban J connectivity index is 0.00000337. The van der Waals surface area contributed by atoms with E-state index in [9.17, 15) is 29.3 Å². The minimum atomic E-state index is -1.21. The van der Waals surface area contributed by atoms with Gasteiger partial charge in [0.25, 0.3) is 5.91 Å². The third-order valence-corrected chi connectivity index (χ3v) is 7.05. The molecule has 44 heavy (non-hydrogen) atoms. The topological polar surface area (TPSA) is 164 Å². The zero-order valence-corrected chi connectivity index (χ0v) is 27.0. The molecular weight excluding hydrogens is 578 g/mol. The number of anilines is 1. The van der Waals surface area contributed by atoms with Gasteiger partial charge in [0, 0.05) is 47.4 Å². The molecule has 3 aromatic carbocycles. The molecule has 0 aliphatic rings. The average Bonchev–Trinajstić information content (AvgIpc) is 3.29. The Morgan fingerprint density at radius 1 is 0.886 bits per heavy atom. The zero-order valence-electron chi connectivity index (χ0n) is 25.0. The van der Waals surface area contributed by atoms with Gasteiger partial charge in [0.2, 0.25) is 0 Å². The zero-order chi connectivity index (χ0) is 30.4. The van der Waals surface area contributed by atoms with Crippen LogP contribution in [0.15, 0.2) is 78.9 Å². The quantitative estimate of drug-likeness (QED) is 0.113. The Morgan fingerprint density at radius 2 is 1.50 bits per heavy atom. The van der Waals surface area contributed by atoms with Gasteiger partial charge in [-0.3, -0.25) is 9.59 Å². The SMILES string of the molecule is CC(C)c1c(C(=O)Nc2ccccc2O)c(-c2ccccc2)c(-c2ccc(F)cc2)n1CC[C@@H](O)C[C@@H](O)CC(=O)O.O.[Na]. The van der Waals surface area contributed by atoms with Crippen molar-refractivity contribution in [3.05, 3.63) is 95.9 Å². The fraction of sp³-hybridized carbons (Fsp3) is 0.273. The van der Waals surface area contributed by atoms with E-state index >= 15 is 0 Å². The van der Waals surface area contributed by atoms with E-state index in [4.69, 9.17) is 5.11 Å². The van der Waals surface area contributed by atoms with Crippen LogP contribution in [0.4, 0.5) is 10.1 Å². The van der Waals surface area contributed by atoms with Crippen molar-refractivity contribution < 1.29 is 39.9 Å². The second kappa shape index (κ2) is 16.5. The van der Waals surface area contributed by atoms with E-state index in [1.54, 1.807) is 30.3 Å². The number of hydrogen-bond acceptors (Lipinski definition) is 5. The molecule has 2 atom stereocenters. The molecule has 7 N–H and O–H groups in total. The molecule has 0 saturated carbocycles. The number of rotatable bonds is 12. The molecule has 0 aliphatic heterocycles. The number of phenols is 1. The summed E-state index contributed by atoms with van der Waals surface area (Å²) in [7, 11) is 0. The van der Waals surface area contributed by atoms with Crippen molar-refractivity contribution in [3.8, 4) is 28.1 Å². The van der Waals surface area contributed by atoms with Crippen molar-refractivity contribution >= 4 is 47.1 Å². The molecule has 11 heteroatoms. The number of phenolic OH excluding ortho intramolecular Hbond substituents is 1. The molecule has 4 rings (SSSR count). The number of carbonyl (C=O) groups excluding carboxylic acids is 1. The molecule has 0 unspecified atom stereocenters. The summed E-state index contributed by atoms with van der Waals surface area (Å²) in [4.78, 5) is 25.1. The van der Waals surface area contributed by atoms with Crippen LogP contribution >= 0.6 is 0 Å². The predicted octanol–water partition coefficient (Wildman–Crippen LogP) is 4.81.